The number of amides is 1. The van der Waals surface area contributed by atoms with Gasteiger partial charge in [0.1, 0.15) is 0 Å². The van der Waals surface area contributed by atoms with E-state index in [1.54, 1.807) is 17.6 Å². The van der Waals surface area contributed by atoms with Gasteiger partial charge in [-0.15, -0.1) is 11.3 Å². The molecule has 0 saturated carbocycles. The SMILES string of the molecule is O=C(Nc1nc2ccc(Cl)cc2s1)c1nccs1. The molecule has 4 nitrogen and oxygen atoms in total. The number of carbonyl (C=O) groups is 1. The Balaban J connectivity index is 1.89. The Bertz CT molecular complexity index is 708. The van der Waals surface area contributed by atoms with Gasteiger partial charge in [-0.3, -0.25) is 10.1 Å². The fraction of sp³-hybridized carbons (Fsp3) is 0. The Morgan fingerprint density at radius 3 is 3.06 bits per heavy atom. The zero-order valence-corrected chi connectivity index (χ0v) is 11.3. The van der Waals surface area contributed by atoms with E-state index in [1.165, 1.54) is 22.7 Å². The van der Waals surface area contributed by atoms with Crippen molar-refractivity contribution in [2.45, 2.75) is 0 Å². The van der Waals surface area contributed by atoms with Gasteiger partial charge < -0.3 is 0 Å². The van der Waals surface area contributed by atoms with Crippen molar-refractivity contribution in [3.05, 3.63) is 39.8 Å². The van der Waals surface area contributed by atoms with E-state index in [-0.39, 0.29) is 5.91 Å². The number of nitrogens with one attached hydrogen (secondary N) is 1. The number of thiazole rings is 2. The third kappa shape index (κ3) is 2.22. The van der Waals surface area contributed by atoms with Crippen LogP contribution in [0.25, 0.3) is 10.2 Å². The van der Waals surface area contributed by atoms with Gasteiger partial charge >= 0.3 is 0 Å². The Hall–Kier alpha value is -1.50. The molecule has 0 radical (unpaired) electrons. The average Bonchev–Trinajstić information content (AvgIpc) is 2.95. The van der Waals surface area contributed by atoms with Crippen molar-refractivity contribution in [3.8, 4) is 0 Å². The summed E-state index contributed by atoms with van der Waals surface area (Å²) < 4.78 is 0.942. The van der Waals surface area contributed by atoms with Crippen LogP contribution in [0.5, 0.6) is 0 Å². The number of carbonyl (C=O) groups excluding carboxylic acids is 1. The molecule has 0 unspecified atom stereocenters. The van der Waals surface area contributed by atoms with E-state index in [4.69, 9.17) is 11.6 Å². The quantitative estimate of drug-likeness (QED) is 0.785. The zero-order chi connectivity index (χ0) is 12.5. The van der Waals surface area contributed by atoms with E-state index in [1.807, 2.05) is 12.1 Å². The predicted octanol–water partition coefficient (Wildman–Crippen LogP) is 3.66. The van der Waals surface area contributed by atoms with Crippen molar-refractivity contribution in [3.63, 3.8) is 0 Å². The Labute approximate surface area is 115 Å². The molecule has 0 bridgehead atoms. The van der Waals surface area contributed by atoms with E-state index in [9.17, 15) is 4.79 Å². The maximum Gasteiger partial charge on any atom is 0.286 e. The summed E-state index contributed by atoms with van der Waals surface area (Å²) >= 11 is 8.58. The minimum Gasteiger partial charge on any atom is -0.296 e. The lowest BCUT2D eigenvalue weighted by atomic mass is 10.3. The second-order valence-corrected chi connectivity index (χ2v) is 5.78. The monoisotopic (exact) mass is 295 g/mol. The van der Waals surface area contributed by atoms with Gasteiger partial charge in [-0.05, 0) is 18.2 Å². The summed E-state index contributed by atoms with van der Waals surface area (Å²) in [6, 6.07) is 5.43. The Morgan fingerprint density at radius 2 is 2.28 bits per heavy atom. The Morgan fingerprint density at radius 1 is 1.39 bits per heavy atom. The molecule has 0 atom stereocenters. The number of anilines is 1. The highest BCUT2D eigenvalue weighted by molar-refractivity contribution is 7.22. The largest absolute Gasteiger partial charge is 0.296 e. The molecule has 1 aromatic carbocycles. The van der Waals surface area contributed by atoms with Crippen molar-refractivity contribution < 1.29 is 4.79 Å². The van der Waals surface area contributed by atoms with Crippen molar-refractivity contribution in [1.82, 2.24) is 9.97 Å². The fourth-order valence-electron chi connectivity index (χ4n) is 1.44. The summed E-state index contributed by atoms with van der Waals surface area (Å²) in [6.07, 6.45) is 1.59. The van der Waals surface area contributed by atoms with Gasteiger partial charge in [0.15, 0.2) is 10.1 Å². The molecule has 0 spiro atoms. The van der Waals surface area contributed by atoms with Crippen molar-refractivity contribution >= 4 is 55.5 Å². The molecule has 0 fully saturated rings. The molecule has 1 N–H and O–H groups in total. The van der Waals surface area contributed by atoms with Crippen molar-refractivity contribution in [1.29, 1.82) is 0 Å². The number of halogens is 1. The van der Waals surface area contributed by atoms with Gasteiger partial charge in [-0.25, -0.2) is 9.97 Å². The van der Waals surface area contributed by atoms with E-state index >= 15 is 0 Å². The molecule has 3 rings (SSSR count). The first-order chi connectivity index (χ1) is 8.72. The lowest BCUT2D eigenvalue weighted by Gasteiger charge is -1.95. The first-order valence-electron chi connectivity index (χ1n) is 4.99. The van der Waals surface area contributed by atoms with Gasteiger partial charge in [0.05, 0.1) is 10.2 Å². The summed E-state index contributed by atoms with van der Waals surface area (Å²) in [5.74, 6) is -0.241. The zero-order valence-electron chi connectivity index (χ0n) is 8.88. The van der Waals surface area contributed by atoms with Crippen LogP contribution < -0.4 is 5.32 Å². The molecular weight excluding hydrogens is 290 g/mol. The van der Waals surface area contributed by atoms with Crippen LogP contribution >= 0.6 is 34.3 Å². The first kappa shape index (κ1) is 11.6. The maximum absolute atomic E-state index is 11.8. The number of nitrogens with zero attached hydrogens (tertiary/aromatic N) is 2. The molecule has 0 aliphatic carbocycles. The minimum absolute atomic E-state index is 0.241. The van der Waals surface area contributed by atoms with Crippen LogP contribution in [-0.4, -0.2) is 15.9 Å². The highest BCUT2D eigenvalue weighted by Gasteiger charge is 2.11. The number of benzene rings is 1. The second-order valence-electron chi connectivity index (χ2n) is 3.42. The molecule has 2 heterocycles. The van der Waals surface area contributed by atoms with E-state index in [2.05, 4.69) is 15.3 Å². The summed E-state index contributed by atoms with van der Waals surface area (Å²) in [7, 11) is 0. The smallest absolute Gasteiger partial charge is 0.286 e. The summed E-state index contributed by atoms with van der Waals surface area (Å²) in [6.45, 7) is 0. The van der Waals surface area contributed by atoms with Crippen molar-refractivity contribution in [2.75, 3.05) is 5.32 Å². The summed E-state index contributed by atoms with van der Waals surface area (Å²) in [5.41, 5.74) is 0.818. The van der Waals surface area contributed by atoms with Gasteiger partial charge in [0.2, 0.25) is 0 Å². The van der Waals surface area contributed by atoms with Crippen LogP contribution in [0.4, 0.5) is 5.13 Å². The van der Waals surface area contributed by atoms with Gasteiger partial charge in [0.25, 0.3) is 5.91 Å². The highest BCUT2D eigenvalue weighted by atomic mass is 35.5. The number of hydrogen-bond donors (Lipinski definition) is 1. The summed E-state index contributed by atoms with van der Waals surface area (Å²) in [5, 5.41) is 6.11. The van der Waals surface area contributed by atoms with Crippen LogP contribution in [-0.2, 0) is 0 Å². The highest BCUT2D eigenvalue weighted by Crippen LogP contribution is 2.28. The number of rotatable bonds is 2. The first-order valence-corrected chi connectivity index (χ1v) is 7.07. The van der Waals surface area contributed by atoms with Gasteiger partial charge in [-0.1, -0.05) is 22.9 Å². The van der Waals surface area contributed by atoms with Gasteiger partial charge in [-0.2, -0.15) is 0 Å². The second kappa shape index (κ2) is 4.64. The predicted molar refractivity (Wildman–Crippen MR) is 74.7 cm³/mol. The average molecular weight is 296 g/mol. The van der Waals surface area contributed by atoms with E-state index < -0.39 is 0 Å². The molecular formula is C11H6ClN3OS2. The molecule has 7 heteroatoms. The van der Waals surface area contributed by atoms with Crippen LogP contribution in [0.15, 0.2) is 29.8 Å². The molecule has 0 saturated heterocycles. The molecule has 2 aromatic heterocycles. The Kier molecular flexibility index (Phi) is 2.99. The van der Waals surface area contributed by atoms with Gasteiger partial charge in [0, 0.05) is 16.6 Å². The minimum atomic E-state index is -0.241. The third-order valence-electron chi connectivity index (χ3n) is 2.20. The number of hydrogen-bond acceptors (Lipinski definition) is 5. The standard InChI is InChI=1S/C11H6ClN3OS2/c12-6-1-2-7-8(5-6)18-11(14-7)15-9(16)10-13-3-4-17-10/h1-5H,(H,14,15,16). The summed E-state index contributed by atoms with van der Waals surface area (Å²) in [4.78, 5) is 20.0. The van der Waals surface area contributed by atoms with Crippen molar-refractivity contribution in [2.24, 2.45) is 0 Å². The van der Waals surface area contributed by atoms with E-state index in [0.29, 0.717) is 15.2 Å². The molecule has 18 heavy (non-hydrogen) atoms. The van der Waals surface area contributed by atoms with E-state index in [0.717, 1.165) is 10.2 Å². The van der Waals surface area contributed by atoms with Crippen LogP contribution in [0, 0.1) is 0 Å². The van der Waals surface area contributed by atoms with Crippen LogP contribution in [0.2, 0.25) is 5.02 Å². The molecule has 90 valence electrons. The topological polar surface area (TPSA) is 54.9 Å². The molecule has 1 amide bonds. The normalized spacial score (nSPS) is 10.7. The molecule has 3 aromatic rings. The number of aromatic nitrogens is 2. The lowest BCUT2D eigenvalue weighted by molar-refractivity contribution is 0.102. The third-order valence-corrected chi connectivity index (χ3v) is 4.14. The molecule has 0 aliphatic rings. The molecule has 0 aliphatic heterocycles. The lowest BCUT2D eigenvalue weighted by Crippen LogP contribution is -2.10. The van der Waals surface area contributed by atoms with Crippen LogP contribution in [0.1, 0.15) is 9.80 Å². The van der Waals surface area contributed by atoms with Crippen LogP contribution in [0.3, 0.4) is 0 Å². The fourth-order valence-corrected chi connectivity index (χ4v) is 3.11. The number of fused-ring (bicyclic) bond motifs is 1. The maximum atomic E-state index is 11.8.